The largest absolute Gasteiger partial charge is 0.497 e. The molecule has 0 unspecified atom stereocenters. The molecule has 160 valence electrons. The highest BCUT2D eigenvalue weighted by Crippen LogP contribution is 2.50. The fraction of sp³-hybridized carbons (Fsp3) is 0.160. The molecule has 32 heavy (non-hydrogen) atoms. The van der Waals surface area contributed by atoms with Gasteiger partial charge < -0.3 is 19.6 Å². The van der Waals surface area contributed by atoms with Crippen LogP contribution >= 0.6 is 0 Å². The molecule has 0 radical (unpaired) electrons. The lowest BCUT2D eigenvalue weighted by molar-refractivity contribution is -0.140. The first-order chi connectivity index (χ1) is 15.6. The number of benzene rings is 3. The smallest absolute Gasteiger partial charge is 0.277 e. The Balaban J connectivity index is 1.71. The number of para-hydroxylation sites is 1. The Morgan fingerprint density at radius 1 is 1.00 bits per heavy atom. The zero-order valence-corrected chi connectivity index (χ0v) is 17.5. The van der Waals surface area contributed by atoms with Crippen LogP contribution in [0.5, 0.6) is 11.5 Å². The third kappa shape index (κ3) is 2.78. The second-order valence-electron chi connectivity index (χ2n) is 7.53. The summed E-state index contributed by atoms with van der Waals surface area (Å²) in [5.74, 6) is -0.669. The van der Waals surface area contributed by atoms with E-state index in [9.17, 15) is 9.59 Å². The van der Waals surface area contributed by atoms with Crippen LogP contribution in [0.3, 0.4) is 0 Å². The van der Waals surface area contributed by atoms with Crippen molar-refractivity contribution in [2.75, 3.05) is 19.5 Å². The molecule has 3 aromatic rings. The van der Waals surface area contributed by atoms with Gasteiger partial charge in [0.1, 0.15) is 23.1 Å². The van der Waals surface area contributed by atoms with E-state index in [0.29, 0.717) is 39.6 Å². The maximum Gasteiger partial charge on any atom is 0.277 e. The summed E-state index contributed by atoms with van der Waals surface area (Å²) in [5.41, 5.74) is 0.901. The Bertz CT molecular complexity index is 1250. The van der Waals surface area contributed by atoms with Crippen LogP contribution in [0.4, 0.5) is 5.69 Å². The number of fused-ring (bicyclic) bond motifs is 2. The Morgan fingerprint density at radius 3 is 2.50 bits per heavy atom. The van der Waals surface area contributed by atoms with Gasteiger partial charge in [-0.2, -0.15) is 0 Å². The summed E-state index contributed by atoms with van der Waals surface area (Å²) in [6.07, 6.45) is 0. The normalized spacial score (nSPS) is 20.9. The lowest BCUT2D eigenvalue weighted by atomic mass is 9.74. The van der Waals surface area contributed by atoms with E-state index in [4.69, 9.17) is 14.3 Å². The Hall–Kier alpha value is -4.13. The Morgan fingerprint density at radius 2 is 1.75 bits per heavy atom. The second-order valence-corrected chi connectivity index (χ2v) is 7.53. The quantitative estimate of drug-likeness (QED) is 0.625. The number of carbonyl (C=O) groups excluding carboxylic acids is 2. The molecule has 2 aliphatic rings. The van der Waals surface area contributed by atoms with Gasteiger partial charge in [-0.3, -0.25) is 9.59 Å². The van der Waals surface area contributed by atoms with Crippen molar-refractivity contribution >= 4 is 23.1 Å². The molecule has 0 fully saturated rings. The van der Waals surface area contributed by atoms with Crippen LogP contribution in [-0.4, -0.2) is 31.6 Å². The molecular formula is C25H20N2O5. The van der Waals surface area contributed by atoms with E-state index in [2.05, 4.69) is 10.5 Å². The summed E-state index contributed by atoms with van der Waals surface area (Å²) in [4.78, 5) is 33.1. The number of nitrogens with zero attached hydrogens (tertiary/aromatic N) is 1. The zero-order chi connectivity index (χ0) is 22.3. The highest BCUT2D eigenvalue weighted by atomic mass is 16.7. The van der Waals surface area contributed by atoms with Gasteiger partial charge in [0.2, 0.25) is 0 Å². The molecule has 5 rings (SSSR count). The number of rotatable bonds is 5. The zero-order valence-electron chi connectivity index (χ0n) is 17.5. The van der Waals surface area contributed by atoms with Gasteiger partial charge in [0.25, 0.3) is 11.5 Å². The van der Waals surface area contributed by atoms with Crippen molar-refractivity contribution in [1.82, 2.24) is 0 Å². The van der Waals surface area contributed by atoms with Gasteiger partial charge in [0.15, 0.2) is 5.78 Å². The predicted octanol–water partition coefficient (Wildman–Crippen LogP) is 3.78. The van der Waals surface area contributed by atoms with E-state index in [1.165, 1.54) is 7.11 Å². The molecule has 3 aromatic carbocycles. The summed E-state index contributed by atoms with van der Waals surface area (Å²) in [7, 11) is 3.08. The minimum Gasteiger partial charge on any atom is -0.497 e. The number of anilines is 1. The number of oxime groups is 1. The monoisotopic (exact) mass is 428 g/mol. The fourth-order valence-corrected chi connectivity index (χ4v) is 4.34. The molecule has 0 bridgehead atoms. The average Bonchev–Trinajstić information content (AvgIpc) is 3.37. The topological polar surface area (TPSA) is 86.2 Å². The van der Waals surface area contributed by atoms with Gasteiger partial charge in [0, 0.05) is 28.4 Å². The molecule has 1 amide bonds. The average molecular weight is 428 g/mol. The lowest BCUT2D eigenvalue weighted by Crippen LogP contribution is -2.46. The van der Waals surface area contributed by atoms with Gasteiger partial charge in [-0.05, 0) is 18.2 Å². The number of nitrogens with one attached hydrogen (secondary N) is 1. The van der Waals surface area contributed by atoms with Crippen LogP contribution in [0.1, 0.15) is 21.5 Å². The minimum atomic E-state index is -1.61. The van der Waals surface area contributed by atoms with E-state index in [1.54, 1.807) is 67.8 Å². The van der Waals surface area contributed by atoms with Crippen LogP contribution in [0, 0.1) is 5.92 Å². The molecule has 2 atom stereocenters. The van der Waals surface area contributed by atoms with Gasteiger partial charge in [-0.1, -0.05) is 53.7 Å². The number of hydrogen-bond donors (Lipinski definition) is 1. The standard InChI is InChI=1S/C25H20N2O5/c1-30-16-12-13-17(20(14-16)31-2)22-21(23(28)15-8-4-3-5-9-15)25(32-27-22)18-10-6-7-11-19(18)26-24(25)29/h3-14,21H,1-2H3,(H,26,29)/t21-,25+/m1/s1. The van der Waals surface area contributed by atoms with Crippen molar-refractivity contribution in [2.45, 2.75) is 5.60 Å². The lowest BCUT2D eigenvalue weighted by Gasteiger charge is -2.27. The molecule has 0 saturated carbocycles. The maximum absolute atomic E-state index is 13.9. The first-order valence-electron chi connectivity index (χ1n) is 10.1. The molecular weight excluding hydrogens is 408 g/mol. The van der Waals surface area contributed by atoms with E-state index in [0.717, 1.165) is 0 Å². The fourth-order valence-electron chi connectivity index (χ4n) is 4.34. The summed E-state index contributed by atoms with van der Waals surface area (Å²) in [6, 6.07) is 21.2. The van der Waals surface area contributed by atoms with Crippen LogP contribution in [0.15, 0.2) is 78.0 Å². The van der Waals surface area contributed by atoms with Gasteiger partial charge in [-0.25, -0.2) is 0 Å². The number of amides is 1. The third-order valence-electron chi connectivity index (χ3n) is 5.89. The summed E-state index contributed by atoms with van der Waals surface area (Å²) in [6.45, 7) is 0. The number of hydrogen-bond acceptors (Lipinski definition) is 6. The van der Waals surface area contributed by atoms with Crippen molar-refractivity contribution in [3.8, 4) is 11.5 Å². The second kappa shape index (κ2) is 7.53. The van der Waals surface area contributed by atoms with Crippen molar-refractivity contribution in [3.63, 3.8) is 0 Å². The Kier molecular flexibility index (Phi) is 4.66. The van der Waals surface area contributed by atoms with E-state index < -0.39 is 17.4 Å². The molecule has 0 aromatic heterocycles. The van der Waals surface area contributed by atoms with Gasteiger partial charge >= 0.3 is 0 Å². The highest BCUT2D eigenvalue weighted by molar-refractivity contribution is 6.25. The molecule has 7 heteroatoms. The summed E-state index contributed by atoms with van der Waals surface area (Å²) in [5, 5.41) is 7.14. The van der Waals surface area contributed by atoms with Crippen molar-refractivity contribution in [2.24, 2.45) is 11.1 Å². The molecule has 0 saturated heterocycles. The van der Waals surface area contributed by atoms with E-state index in [-0.39, 0.29) is 5.78 Å². The third-order valence-corrected chi connectivity index (χ3v) is 5.89. The van der Waals surface area contributed by atoms with Crippen LogP contribution in [-0.2, 0) is 15.2 Å². The van der Waals surface area contributed by atoms with Crippen LogP contribution in [0.25, 0.3) is 0 Å². The molecule has 0 aliphatic carbocycles. The first-order valence-corrected chi connectivity index (χ1v) is 10.1. The van der Waals surface area contributed by atoms with E-state index >= 15 is 0 Å². The molecule has 1 spiro atoms. The number of ether oxygens (including phenoxy) is 2. The van der Waals surface area contributed by atoms with Crippen LogP contribution in [0.2, 0.25) is 0 Å². The van der Waals surface area contributed by atoms with Crippen LogP contribution < -0.4 is 14.8 Å². The number of methoxy groups -OCH3 is 2. The molecule has 7 nitrogen and oxygen atoms in total. The summed E-state index contributed by atoms with van der Waals surface area (Å²) < 4.78 is 10.8. The maximum atomic E-state index is 13.9. The van der Waals surface area contributed by atoms with Crippen molar-refractivity contribution < 1.29 is 23.9 Å². The first kappa shape index (κ1) is 19.8. The minimum absolute atomic E-state index is 0.272. The molecule has 2 aliphatic heterocycles. The number of carbonyl (C=O) groups is 2. The predicted molar refractivity (Wildman–Crippen MR) is 118 cm³/mol. The highest BCUT2D eigenvalue weighted by Gasteiger charge is 2.63. The van der Waals surface area contributed by atoms with E-state index in [1.807, 2.05) is 12.1 Å². The number of Topliss-reactive ketones (excluding diaryl/α,β-unsaturated/α-hetero) is 1. The van der Waals surface area contributed by atoms with Gasteiger partial charge in [0.05, 0.1) is 14.2 Å². The Labute approximate surface area is 184 Å². The van der Waals surface area contributed by atoms with Crippen molar-refractivity contribution in [1.29, 1.82) is 0 Å². The SMILES string of the molecule is COc1ccc(C2=NO[C@]3(C(=O)Nc4ccccc43)[C@H]2C(=O)c2ccccc2)c(OC)c1. The molecule has 1 N–H and O–H groups in total. The van der Waals surface area contributed by atoms with Gasteiger partial charge in [-0.15, -0.1) is 0 Å². The molecule has 2 heterocycles. The summed E-state index contributed by atoms with van der Waals surface area (Å²) >= 11 is 0. The number of ketones is 1. The van der Waals surface area contributed by atoms with Crippen molar-refractivity contribution in [3.05, 3.63) is 89.5 Å².